The monoisotopic (exact) mass is 325 g/mol. The van der Waals surface area contributed by atoms with Crippen molar-refractivity contribution >= 4 is 16.8 Å². The minimum atomic E-state index is 0.133. The summed E-state index contributed by atoms with van der Waals surface area (Å²) in [5.74, 6) is 0.133. The fourth-order valence-electron chi connectivity index (χ4n) is 3.62. The Bertz CT molecular complexity index is 754. The number of likely N-dealkylation sites (N-methyl/N-ethyl adjacent to an activating group) is 1. The van der Waals surface area contributed by atoms with Crippen molar-refractivity contribution in [3.8, 4) is 0 Å². The summed E-state index contributed by atoms with van der Waals surface area (Å²) in [4.78, 5) is 22.1. The molecule has 2 aromatic rings. The van der Waals surface area contributed by atoms with Gasteiger partial charge in [-0.15, -0.1) is 0 Å². The molecule has 1 aromatic heterocycles. The molecule has 128 valence electrons. The minimum Gasteiger partial charge on any atom is -0.334 e. The van der Waals surface area contributed by atoms with E-state index in [4.69, 9.17) is 0 Å². The molecule has 0 spiro atoms. The van der Waals surface area contributed by atoms with Gasteiger partial charge in [0, 0.05) is 24.5 Å². The number of hydrogen-bond donors (Lipinski definition) is 0. The number of amides is 1. The van der Waals surface area contributed by atoms with Crippen LogP contribution < -0.4 is 0 Å². The Morgan fingerprint density at radius 1 is 1.25 bits per heavy atom. The minimum absolute atomic E-state index is 0.133. The first-order valence-corrected chi connectivity index (χ1v) is 8.79. The highest BCUT2D eigenvalue weighted by atomic mass is 16.2. The fourth-order valence-corrected chi connectivity index (χ4v) is 3.62. The van der Waals surface area contributed by atoms with Gasteiger partial charge in [0.1, 0.15) is 0 Å². The molecule has 0 N–H and O–H groups in total. The van der Waals surface area contributed by atoms with Gasteiger partial charge in [-0.3, -0.25) is 9.78 Å². The van der Waals surface area contributed by atoms with Gasteiger partial charge in [0.05, 0.1) is 16.8 Å². The number of fused-ring (bicyclic) bond motifs is 1. The Morgan fingerprint density at radius 2 is 2.04 bits per heavy atom. The highest BCUT2D eigenvalue weighted by Crippen LogP contribution is 2.24. The molecule has 24 heavy (non-hydrogen) atoms. The molecular formula is C20H27N3O. The first kappa shape index (κ1) is 16.9. The van der Waals surface area contributed by atoms with Gasteiger partial charge >= 0.3 is 0 Å². The molecule has 2 heterocycles. The van der Waals surface area contributed by atoms with Gasteiger partial charge in [0.2, 0.25) is 0 Å². The van der Waals surface area contributed by atoms with Crippen LogP contribution >= 0.6 is 0 Å². The molecule has 0 aliphatic carbocycles. The number of hydrogen-bond acceptors (Lipinski definition) is 3. The van der Waals surface area contributed by atoms with E-state index in [1.54, 1.807) is 0 Å². The summed E-state index contributed by atoms with van der Waals surface area (Å²) in [6.07, 6.45) is 3.38. The molecule has 1 atom stereocenters. The summed E-state index contributed by atoms with van der Waals surface area (Å²) < 4.78 is 0. The summed E-state index contributed by atoms with van der Waals surface area (Å²) in [7, 11) is 4.14. The number of carbonyl (C=O) groups is 1. The van der Waals surface area contributed by atoms with Gasteiger partial charge < -0.3 is 9.80 Å². The maximum Gasteiger partial charge on any atom is 0.256 e. The third-order valence-corrected chi connectivity index (χ3v) is 4.86. The Morgan fingerprint density at radius 3 is 2.79 bits per heavy atom. The molecule has 3 rings (SSSR count). The largest absolute Gasteiger partial charge is 0.334 e. The van der Waals surface area contributed by atoms with Crippen LogP contribution in [0.1, 0.15) is 40.9 Å². The van der Waals surface area contributed by atoms with E-state index in [1.807, 2.05) is 13.0 Å². The van der Waals surface area contributed by atoms with Crippen LogP contribution in [-0.2, 0) is 0 Å². The zero-order chi connectivity index (χ0) is 17.3. The molecule has 1 saturated heterocycles. The molecule has 1 amide bonds. The van der Waals surface area contributed by atoms with E-state index in [0.717, 1.165) is 48.1 Å². The van der Waals surface area contributed by atoms with Crippen LogP contribution in [0.3, 0.4) is 0 Å². The summed E-state index contributed by atoms with van der Waals surface area (Å²) in [6.45, 7) is 5.78. The molecule has 1 aliphatic rings. The lowest BCUT2D eigenvalue weighted by molar-refractivity contribution is 0.0573. The van der Waals surface area contributed by atoms with E-state index in [-0.39, 0.29) is 5.91 Å². The van der Waals surface area contributed by atoms with Crippen molar-refractivity contribution in [3.63, 3.8) is 0 Å². The molecule has 1 aromatic carbocycles. The fraction of sp³-hybridized carbons (Fsp3) is 0.500. The van der Waals surface area contributed by atoms with Crippen molar-refractivity contribution in [3.05, 3.63) is 41.1 Å². The number of pyridine rings is 1. The summed E-state index contributed by atoms with van der Waals surface area (Å²) in [5, 5.41) is 1.04. The van der Waals surface area contributed by atoms with Crippen LogP contribution in [0.2, 0.25) is 0 Å². The summed E-state index contributed by atoms with van der Waals surface area (Å²) in [6, 6.07) is 8.52. The Kier molecular flexibility index (Phi) is 4.86. The Labute approximate surface area is 144 Å². The van der Waals surface area contributed by atoms with Crippen LogP contribution in [0.5, 0.6) is 0 Å². The quantitative estimate of drug-likeness (QED) is 0.868. The van der Waals surface area contributed by atoms with E-state index in [1.165, 1.54) is 12.0 Å². The summed E-state index contributed by atoms with van der Waals surface area (Å²) in [5.41, 5.74) is 3.73. The third kappa shape index (κ3) is 3.44. The number of aryl methyl sites for hydroxylation is 2. The van der Waals surface area contributed by atoms with Crippen molar-refractivity contribution in [1.82, 2.24) is 14.8 Å². The van der Waals surface area contributed by atoms with Crippen LogP contribution in [-0.4, -0.2) is 53.9 Å². The van der Waals surface area contributed by atoms with Crippen LogP contribution in [0, 0.1) is 13.8 Å². The van der Waals surface area contributed by atoms with Crippen LogP contribution in [0.15, 0.2) is 24.3 Å². The lowest BCUT2D eigenvalue weighted by Gasteiger charge is -2.37. The average Bonchev–Trinajstić information content (AvgIpc) is 2.53. The van der Waals surface area contributed by atoms with Crippen LogP contribution in [0.4, 0.5) is 0 Å². The predicted octanol–water partition coefficient (Wildman–Crippen LogP) is 3.41. The molecule has 4 heteroatoms. The van der Waals surface area contributed by atoms with Gasteiger partial charge in [-0.1, -0.05) is 12.1 Å². The normalized spacial score (nSPS) is 18.4. The second-order valence-corrected chi connectivity index (χ2v) is 7.23. The molecule has 0 saturated carbocycles. The van der Waals surface area contributed by atoms with E-state index < -0.39 is 0 Å². The third-order valence-electron chi connectivity index (χ3n) is 4.86. The van der Waals surface area contributed by atoms with Crippen molar-refractivity contribution in [1.29, 1.82) is 0 Å². The number of piperidine rings is 1. The average molecular weight is 325 g/mol. The molecule has 1 fully saturated rings. The molecular weight excluding hydrogens is 298 g/mol. The second kappa shape index (κ2) is 6.89. The van der Waals surface area contributed by atoms with E-state index in [9.17, 15) is 4.79 Å². The zero-order valence-electron chi connectivity index (χ0n) is 15.2. The van der Waals surface area contributed by atoms with E-state index in [0.29, 0.717) is 6.04 Å². The topological polar surface area (TPSA) is 36.4 Å². The van der Waals surface area contributed by atoms with Gasteiger partial charge in [-0.2, -0.15) is 0 Å². The number of carbonyl (C=O) groups excluding carboxylic acids is 1. The first-order chi connectivity index (χ1) is 11.5. The van der Waals surface area contributed by atoms with E-state index >= 15 is 0 Å². The van der Waals surface area contributed by atoms with Crippen molar-refractivity contribution in [2.75, 3.05) is 27.2 Å². The highest BCUT2D eigenvalue weighted by Gasteiger charge is 2.29. The summed E-state index contributed by atoms with van der Waals surface area (Å²) >= 11 is 0. The number of likely N-dealkylation sites (tertiary alicyclic amines) is 1. The van der Waals surface area contributed by atoms with Crippen LogP contribution in [0.25, 0.3) is 10.9 Å². The van der Waals surface area contributed by atoms with E-state index in [2.05, 4.69) is 54.0 Å². The standard InChI is InChI=1S/C20H27N3O/c1-14-8-9-16-12-18(15(2)21-19(16)11-14)20(24)23-10-6-5-7-17(23)13-22(3)4/h8-9,11-12,17H,5-7,10,13H2,1-4H3. The number of rotatable bonds is 3. The molecule has 0 radical (unpaired) electrons. The second-order valence-electron chi connectivity index (χ2n) is 7.23. The van der Waals surface area contributed by atoms with Gasteiger partial charge in [0.15, 0.2) is 0 Å². The lowest BCUT2D eigenvalue weighted by atomic mass is 9.99. The molecule has 0 bridgehead atoms. The Hall–Kier alpha value is -1.94. The van der Waals surface area contributed by atoms with Crippen molar-refractivity contribution in [2.24, 2.45) is 0 Å². The maximum absolute atomic E-state index is 13.2. The SMILES string of the molecule is Cc1ccc2cc(C(=O)N3CCCCC3CN(C)C)c(C)nc2c1. The maximum atomic E-state index is 13.2. The first-order valence-electron chi connectivity index (χ1n) is 8.79. The van der Waals surface area contributed by atoms with Crippen molar-refractivity contribution < 1.29 is 4.79 Å². The van der Waals surface area contributed by atoms with Gasteiger partial charge in [-0.25, -0.2) is 0 Å². The molecule has 4 nitrogen and oxygen atoms in total. The zero-order valence-corrected chi connectivity index (χ0v) is 15.2. The smallest absolute Gasteiger partial charge is 0.256 e. The number of aromatic nitrogens is 1. The molecule has 1 aliphatic heterocycles. The number of benzene rings is 1. The predicted molar refractivity (Wildman–Crippen MR) is 98.4 cm³/mol. The van der Waals surface area contributed by atoms with Gasteiger partial charge in [0.25, 0.3) is 5.91 Å². The van der Waals surface area contributed by atoms with Crippen molar-refractivity contribution in [2.45, 2.75) is 39.2 Å². The Balaban J connectivity index is 1.94. The highest BCUT2D eigenvalue weighted by molar-refractivity contribution is 5.99. The lowest BCUT2D eigenvalue weighted by Crippen LogP contribution is -2.48. The van der Waals surface area contributed by atoms with Gasteiger partial charge in [-0.05, 0) is 64.9 Å². The molecule has 1 unspecified atom stereocenters. The number of nitrogens with zero attached hydrogens (tertiary/aromatic N) is 3.